The highest BCUT2D eigenvalue weighted by atomic mass is 19.4. The van der Waals surface area contributed by atoms with E-state index in [0.717, 1.165) is 18.2 Å². The monoisotopic (exact) mass is 393 g/mol. The van der Waals surface area contributed by atoms with Crippen molar-refractivity contribution in [2.24, 2.45) is 0 Å². The largest absolute Gasteiger partial charge is 0.466 e. The Kier molecular flexibility index (Phi) is 6.56. The van der Waals surface area contributed by atoms with Gasteiger partial charge in [0.2, 0.25) is 5.91 Å². The number of para-hydroxylation sites is 1. The molecule has 0 radical (unpaired) electrons. The Morgan fingerprint density at radius 1 is 1.07 bits per heavy atom. The zero-order valence-electron chi connectivity index (χ0n) is 15.2. The van der Waals surface area contributed by atoms with Crippen LogP contribution in [0.4, 0.5) is 18.9 Å². The van der Waals surface area contributed by atoms with Gasteiger partial charge in [-0.25, -0.2) is 0 Å². The molecule has 1 N–H and O–H groups in total. The number of hydrogen-bond acceptors (Lipinski definition) is 4. The molecule has 0 bridgehead atoms. The number of ketones is 1. The van der Waals surface area contributed by atoms with Crippen molar-refractivity contribution in [2.45, 2.75) is 26.4 Å². The van der Waals surface area contributed by atoms with Gasteiger partial charge >= 0.3 is 12.1 Å². The standard InChI is InChI=1S/C20H18F3NO4/c1-3-28-17(26)11-13-6-5-9-16(18(13)24-12(2)25)19(27)14-7-4-8-15(10-14)20(21,22)23/h4-10H,3,11H2,1-2H3,(H,24,25). The number of carbonyl (C=O) groups is 3. The van der Waals surface area contributed by atoms with Crippen molar-refractivity contribution in [3.8, 4) is 0 Å². The molecule has 0 atom stereocenters. The Bertz CT molecular complexity index is 907. The third-order valence-electron chi connectivity index (χ3n) is 3.79. The second-order valence-corrected chi connectivity index (χ2v) is 5.91. The Hall–Kier alpha value is -3.16. The molecule has 0 aliphatic rings. The Morgan fingerprint density at radius 2 is 1.75 bits per heavy atom. The van der Waals surface area contributed by atoms with Crippen LogP contribution in [0.5, 0.6) is 0 Å². The van der Waals surface area contributed by atoms with Crippen molar-refractivity contribution in [1.29, 1.82) is 0 Å². The van der Waals surface area contributed by atoms with E-state index in [4.69, 9.17) is 4.74 Å². The summed E-state index contributed by atoms with van der Waals surface area (Å²) in [5.41, 5.74) is -0.759. The van der Waals surface area contributed by atoms with Gasteiger partial charge in [-0.1, -0.05) is 24.3 Å². The van der Waals surface area contributed by atoms with Gasteiger partial charge in [0.1, 0.15) is 0 Å². The molecule has 0 unspecified atom stereocenters. The maximum atomic E-state index is 12.9. The Balaban J connectivity index is 2.50. The van der Waals surface area contributed by atoms with Gasteiger partial charge in [-0.15, -0.1) is 0 Å². The first kappa shape index (κ1) is 21.1. The first-order valence-electron chi connectivity index (χ1n) is 8.40. The number of ether oxygens (including phenoxy) is 1. The van der Waals surface area contributed by atoms with E-state index >= 15 is 0 Å². The highest BCUT2D eigenvalue weighted by Crippen LogP contribution is 2.31. The van der Waals surface area contributed by atoms with Crippen molar-refractivity contribution >= 4 is 23.3 Å². The van der Waals surface area contributed by atoms with Crippen LogP contribution in [-0.4, -0.2) is 24.3 Å². The summed E-state index contributed by atoms with van der Waals surface area (Å²) < 4.78 is 43.7. The molecule has 0 fully saturated rings. The quantitative estimate of drug-likeness (QED) is 0.595. The van der Waals surface area contributed by atoms with E-state index in [-0.39, 0.29) is 29.8 Å². The summed E-state index contributed by atoms with van der Waals surface area (Å²) in [6.45, 7) is 3.02. The molecule has 148 valence electrons. The molecule has 0 spiro atoms. The lowest BCUT2D eigenvalue weighted by molar-refractivity contribution is -0.142. The van der Waals surface area contributed by atoms with Gasteiger partial charge in [0.25, 0.3) is 0 Å². The number of hydrogen-bond donors (Lipinski definition) is 1. The van der Waals surface area contributed by atoms with Gasteiger partial charge in [0.05, 0.1) is 24.3 Å². The van der Waals surface area contributed by atoms with Crippen LogP contribution in [0.15, 0.2) is 42.5 Å². The third kappa shape index (κ3) is 5.18. The molecular formula is C20H18F3NO4. The van der Waals surface area contributed by atoms with Crippen LogP contribution in [0.25, 0.3) is 0 Å². The molecule has 8 heteroatoms. The van der Waals surface area contributed by atoms with E-state index in [1.54, 1.807) is 6.92 Å². The molecule has 0 aliphatic heterocycles. The lowest BCUT2D eigenvalue weighted by atomic mass is 9.96. The van der Waals surface area contributed by atoms with E-state index < -0.39 is 29.4 Å². The maximum absolute atomic E-state index is 12.9. The summed E-state index contributed by atoms with van der Waals surface area (Å²) >= 11 is 0. The zero-order valence-corrected chi connectivity index (χ0v) is 15.2. The lowest BCUT2D eigenvalue weighted by Gasteiger charge is -2.15. The molecule has 0 saturated heterocycles. The first-order chi connectivity index (χ1) is 13.1. The molecule has 0 heterocycles. The van der Waals surface area contributed by atoms with Crippen LogP contribution in [0, 0.1) is 0 Å². The molecule has 0 aromatic heterocycles. The number of anilines is 1. The van der Waals surface area contributed by atoms with E-state index in [1.165, 1.54) is 31.2 Å². The van der Waals surface area contributed by atoms with E-state index in [2.05, 4.69) is 5.32 Å². The number of nitrogens with one attached hydrogen (secondary N) is 1. The van der Waals surface area contributed by atoms with E-state index in [0.29, 0.717) is 5.56 Å². The number of amides is 1. The number of benzene rings is 2. The number of carbonyl (C=O) groups excluding carboxylic acids is 3. The number of alkyl halides is 3. The fourth-order valence-corrected chi connectivity index (χ4v) is 2.62. The second-order valence-electron chi connectivity index (χ2n) is 5.91. The van der Waals surface area contributed by atoms with Crippen molar-refractivity contribution in [3.63, 3.8) is 0 Å². The Labute approximate surface area is 159 Å². The minimum absolute atomic E-state index is 0.0173. The summed E-state index contributed by atoms with van der Waals surface area (Å²) in [6.07, 6.45) is -4.80. The number of rotatable bonds is 6. The van der Waals surface area contributed by atoms with Gasteiger partial charge in [-0.05, 0) is 30.7 Å². The molecule has 1 amide bonds. The van der Waals surface area contributed by atoms with Crippen LogP contribution in [0.3, 0.4) is 0 Å². The second kappa shape index (κ2) is 8.69. The SMILES string of the molecule is CCOC(=O)Cc1cccc(C(=O)c2cccc(C(F)(F)F)c2)c1NC(C)=O. The van der Waals surface area contributed by atoms with Crippen molar-refractivity contribution in [2.75, 3.05) is 11.9 Å². The molecule has 2 rings (SSSR count). The summed E-state index contributed by atoms with van der Waals surface area (Å²) in [5.74, 6) is -1.76. The Morgan fingerprint density at radius 3 is 2.36 bits per heavy atom. The van der Waals surface area contributed by atoms with Gasteiger partial charge < -0.3 is 10.1 Å². The van der Waals surface area contributed by atoms with Gasteiger partial charge in [0.15, 0.2) is 5.78 Å². The van der Waals surface area contributed by atoms with Gasteiger partial charge in [-0.2, -0.15) is 13.2 Å². The summed E-state index contributed by atoms with van der Waals surface area (Å²) in [4.78, 5) is 36.3. The highest BCUT2D eigenvalue weighted by molar-refractivity contribution is 6.14. The lowest BCUT2D eigenvalue weighted by Crippen LogP contribution is -2.17. The minimum atomic E-state index is -4.59. The summed E-state index contributed by atoms with van der Waals surface area (Å²) in [5, 5.41) is 2.50. The molecule has 5 nitrogen and oxygen atoms in total. The van der Waals surface area contributed by atoms with Crippen LogP contribution in [0.2, 0.25) is 0 Å². The smallest absolute Gasteiger partial charge is 0.416 e. The van der Waals surface area contributed by atoms with Gasteiger partial charge in [0, 0.05) is 18.1 Å². The summed E-state index contributed by atoms with van der Waals surface area (Å²) in [6, 6.07) is 8.40. The van der Waals surface area contributed by atoms with Crippen LogP contribution in [-0.2, 0) is 26.9 Å². The zero-order chi connectivity index (χ0) is 20.9. The normalized spacial score (nSPS) is 11.0. The minimum Gasteiger partial charge on any atom is -0.466 e. The fraction of sp³-hybridized carbons (Fsp3) is 0.250. The van der Waals surface area contributed by atoms with Crippen LogP contribution < -0.4 is 5.32 Å². The molecule has 2 aromatic carbocycles. The fourth-order valence-electron chi connectivity index (χ4n) is 2.62. The molecule has 28 heavy (non-hydrogen) atoms. The average molecular weight is 393 g/mol. The van der Waals surface area contributed by atoms with Gasteiger partial charge in [-0.3, -0.25) is 14.4 Å². The molecule has 0 saturated carbocycles. The van der Waals surface area contributed by atoms with Crippen molar-refractivity contribution in [1.82, 2.24) is 0 Å². The van der Waals surface area contributed by atoms with E-state index in [9.17, 15) is 27.6 Å². The average Bonchev–Trinajstić information content (AvgIpc) is 2.62. The highest BCUT2D eigenvalue weighted by Gasteiger charge is 2.31. The van der Waals surface area contributed by atoms with Crippen LogP contribution >= 0.6 is 0 Å². The molecule has 2 aromatic rings. The first-order valence-corrected chi connectivity index (χ1v) is 8.40. The predicted molar refractivity (Wildman–Crippen MR) is 96.0 cm³/mol. The van der Waals surface area contributed by atoms with Crippen molar-refractivity contribution in [3.05, 3.63) is 64.7 Å². The summed E-state index contributed by atoms with van der Waals surface area (Å²) in [7, 11) is 0. The maximum Gasteiger partial charge on any atom is 0.416 e. The number of halogens is 3. The predicted octanol–water partition coefficient (Wildman–Crippen LogP) is 4.00. The van der Waals surface area contributed by atoms with Crippen molar-refractivity contribution < 1.29 is 32.3 Å². The molecule has 0 aliphatic carbocycles. The number of esters is 1. The van der Waals surface area contributed by atoms with E-state index in [1.807, 2.05) is 0 Å². The molecular weight excluding hydrogens is 375 g/mol. The van der Waals surface area contributed by atoms with Crippen LogP contribution in [0.1, 0.15) is 40.9 Å². The third-order valence-corrected chi connectivity index (χ3v) is 3.79. The topological polar surface area (TPSA) is 72.5 Å².